The molecule has 0 unspecified atom stereocenters. The molecular weight excluding hydrogens is 256 g/mol. The lowest BCUT2D eigenvalue weighted by molar-refractivity contribution is -0.128. The van der Waals surface area contributed by atoms with E-state index in [4.69, 9.17) is 18.0 Å². The molecule has 0 aromatic heterocycles. The van der Waals surface area contributed by atoms with Gasteiger partial charge in [0.1, 0.15) is 0 Å². The van der Waals surface area contributed by atoms with E-state index in [0.717, 1.165) is 45.1 Å². The van der Waals surface area contributed by atoms with Crippen molar-refractivity contribution in [3.05, 3.63) is 0 Å². The largest absolute Gasteiger partial charge is 0.392 e. The quantitative estimate of drug-likeness (QED) is 0.605. The number of hydrogen-bond acceptors (Lipinski definition) is 2. The van der Waals surface area contributed by atoms with Gasteiger partial charge < -0.3 is 11.1 Å². The van der Waals surface area contributed by atoms with Crippen molar-refractivity contribution in [3.8, 4) is 0 Å². The van der Waals surface area contributed by atoms with E-state index >= 15 is 0 Å². The first kappa shape index (κ1) is 18.4. The smallest absolute Gasteiger partial charge is 0.233 e. The molecule has 0 bridgehead atoms. The molecule has 0 aliphatic carbocycles. The van der Waals surface area contributed by atoms with E-state index in [2.05, 4.69) is 33.0 Å². The highest BCUT2D eigenvalue weighted by Gasteiger charge is 2.39. The zero-order valence-corrected chi connectivity index (χ0v) is 13.7. The Balaban J connectivity index is 4.84. The van der Waals surface area contributed by atoms with Gasteiger partial charge in [0.15, 0.2) is 0 Å². The highest BCUT2D eigenvalue weighted by Crippen LogP contribution is 2.31. The number of nitrogens with one attached hydrogen (secondary N) is 1. The maximum Gasteiger partial charge on any atom is 0.233 e. The van der Waals surface area contributed by atoms with Crippen molar-refractivity contribution in [2.24, 2.45) is 17.1 Å². The fourth-order valence-electron chi connectivity index (χ4n) is 2.55. The SMILES string of the molecule is CCCC(CCC)(C(=O)NCC(CC)CC)C(N)=S. The fourth-order valence-corrected chi connectivity index (χ4v) is 2.84. The summed E-state index contributed by atoms with van der Waals surface area (Å²) in [6, 6.07) is 0. The second-order valence-electron chi connectivity index (χ2n) is 5.34. The van der Waals surface area contributed by atoms with Crippen molar-refractivity contribution in [2.45, 2.75) is 66.2 Å². The third-order valence-electron chi connectivity index (χ3n) is 3.97. The molecule has 0 atom stereocenters. The topological polar surface area (TPSA) is 55.1 Å². The third-order valence-corrected chi connectivity index (χ3v) is 4.36. The average Bonchev–Trinajstić information content (AvgIpc) is 2.38. The second-order valence-corrected chi connectivity index (χ2v) is 5.78. The standard InChI is InChI=1S/C15H30N2OS/c1-5-9-15(10-6-2,13(16)19)14(18)17-11-12(7-3)8-4/h12H,5-11H2,1-4H3,(H2,16,19)(H,17,18). The maximum atomic E-state index is 12.5. The van der Waals surface area contributed by atoms with Gasteiger partial charge in [0.2, 0.25) is 5.91 Å². The van der Waals surface area contributed by atoms with Gasteiger partial charge in [-0.05, 0) is 18.8 Å². The lowest BCUT2D eigenvalue weighted by Gasteiger charge is -2.31. The van der Waals surface area contributed by atoms with Crippen LogP contribution in [0.1, 0.15) is 66.2 Å². The minimum Gasteiger partial charge on any atom is -0.392 e. The normalized spacial score (nSPS) is 11.6. The van der Waals surface area contributed by atoms with Crippen LogP contribution >= 0.6 is 12.2 Å². The van der Waals surface area contributed by atoms with Crippen LogP contribution in [0, 0.1) is 11.3 Å². The van der Waals surface area contributed by atoms with Gasteiger partial charge in [-0.3, -0.25) is 4.79 Å². The first-order valence-electron chi connectivity index (χ1n) is 7.56. The monoisotopic (exact) mass is 286 g/mol. The maximum absolute atomic E-state index is 12.5. The van der Waals surface area contributed by atoms with Crippen molar-refractivity contribution in [1.29, 1.82) is 0 Å². The number of thiocarbonyl (C=S) groups is 1. The van der Waals surface area contributed by atoms with Gasteiger partial charge in [-0.1, -0.05) is 65.6 Å². The molecule has 0 fully saturated rings. The van der Waals surface area contributed by atoms with Crippen molar-refractivity contribution >= 4 is 23.1 Å². The summed E-state index contributed by atoms with van der Waals surface area (Å²) in [5, 5.41) is 3.07. The number of carbonyl (C=O) groups excluding carboxylic acids is 1. The first-order chi connectivity index (χ1) is 8.98. The molecule has 19 heavy (non-hydrogen) atoms. The molecule has 0 saturated heterocycles. The minimum absolute atomic E-state index is 0.0237. The summed E-state index contributed by atoms with van der Waals surface area (Å²) in [5.41, 5.74) is 5.24. The van der Waals surface area contributed by atoms with Crippen LogP contribution in [0.15, 0.2) is 0 Å². The molecule has 0 spiro atoms. The summed E-state index contributed by atoms with van der Waals surface area (Å²) in [6.45, 7) is 9.16. The van der Waals surface area contributed by atoms with Gasteiger partial charge in [0, 0.05) is 6.54 Å². The molecular formula is C15H30N2OS. The molecule has 1 amide bonds. The molecule has 0 aliphatic rings. The lowest BCUT2D eigenvalue weighted by atomic mass is 9.78. The van der Waals surface area contributed by atoms with Crippen molar-refractivity contribution < 1.29 is 4.79 Å². The number of nitrogens with two attached hydrogens (primary N) is 1. The number of carbonyl (C=O) groups is 1. The predicted molar refractivity (Wildman–Crippen MR) is 86.1 cm³/mol. The van der Waals surface area contributed by atoms with Crippen LogP contribution in [-0.4, -0.2) is 17.4 Å². The first-order valence-corrected chi connectivity index (χ1v) is 7.97. The molecule has 0 aromatic carbocycles. The van der Waals surface area contributed by atoms with Gasteiger partial charge in [-0.2, -0.15) is 0 Å². The molecule has 0 saturated carbocycles. The number of amides is 1. The van der Waals surface area contributed by atoms with E-state index in [1.165, 1.54) is 0 Å². The van der Waals surface area contributed by atoms with E-state index < -0.39 is 5.41 Å². The Morgan fingerprint density at radius 3 is 1.95 bits per heavy atom. The van der Waals surface area contributed by atoms with Crippen LogP contribution < -0.4 is 11.1 Å². The molecule has 0 radical (unpaired) electrons. The number of hydrogen-bond donors (Lipinski definition) is 2. The highest BCUT2D eigenvalue weighted by atomic mass is 32.1. The summed E-state index contributed by atoms with van der Waals surface area (Å²) in [4.78, 5) is 12.9. The van der Waals surface area contributed by atoms with E-state index in [-0.39, 0.29) is 5.91 Å². The highest BCUT2D eigenvalue weighted by molar-refractivity contribution is 7.80. The summed E-state index contributed by atoms with van der Waals surface area (Å²) in [6.07, 6.45) is 5.47. The molecule has 0 aromatic rings. The lowest BCUT2D eigenvalue weighted by Crippen LogP contribution is -2.49. The van der Waals surface area contributed by atoms with E-state index in [1.54, 1.807) is 0 Å². The molecule has 4 heteroatoms. The third kappa shape index (κ3) is 5.09. The van der Waals surface area contributed by atoms with Crippen molar-refractivity contribution in [3.63, 3.8) is 0 Å². The van der Waals surface area contributed by atoms with E-state index in [1.807, 2.05) is 0 Å². The van der Waals surface area contributed by atoms with Crippen LogP contribution in [0.25, 0.3) is 0 Å². The molecule has 112 valence electrons. The predicted octanol–water partition coefficient (Wildman–Crippen LogP) is 3.41. The zero-order chi connectivity index (χ0) is 14.9. The average molecular weight is 286 g/mol. The number of rotatable bonds is 10. The Morgan fingerprint density at radius 1 is 1.16 bits per heavy atom. The molecule has 0 heterocycles. The van der Waals surface area contributed by atoms with Crippen LogP contribution in [-0.2, 0) is 4.79 Å². The molecule has 3 N–H and O–H groups in total. The summed E-state index contributed by atoms with van der Waals surface area (Å²) >= 11 is 5.19. The Bertz CT molecular complexity index is 282. The second kappa shape index (κ2) is 9.29. The summed E-state index contributed by atoms with van der Waals surface area (Å²) in [5.74, 6) is 0.562. The van der Waals surface area contributed by atoms with Gasteiger partial charge >= 0.3 is 0 Å². The van der Waals surface area contributed by atoms with Crippen LogP contribution in [0.4, 0.5) is 0 Å². The van der Waals surface area contributed by atoms with Gasteiger partial charge in [0.05, 0.1) is 10.4 Å². The Kier molecular flexibility index (Phi) is 8.98. The zero-order valence-electron chi connectivity index (χ0n) is 12.9. The summed E-state index contributed by atoms with van der Waals surface area (Å²) in [7, 11) is 0. The van der Waals surface area contributed by atoms with Crippen LogP contribution in [0.2, 0.25) is 0 Å². The van der Waals surface area contributed by atoms with Crippen molar-refractivity contribution in [1.82, 2.24) is 5.32 Å². The van der Waals surface area contributed by atoms with E-state index in [0.29, 0.717) is 10.9 Å². The Hall–Kier alpha value is -0.640. The van der Waals surface area contributed by atoms with Crippen LogP contribution in [0.3, 0.4) is 0 Å². The molecule has 0 rings (SSSR count). The Labute approximate surface area is 123 Å². The van der Waals surface area contributed by atoms with E-state index in [9.17, 15) is 4.79 Å². The minimum atomic E-state index is -0.648. The van der Waals surface area contributed by atoms with Crippen molar-refractivity contribution in [2.75, 3.05) is 6.54 Å². The van der Waals surface area contributed by atoms with Gasteiger partial charge in [-0.25, -0.2) is 0 Å². The van der Waals surface area contributed by atoms with Gasteiger partial charge in [-0.15, -0.1) is 0 Å². The molecule has 3 nitrogen and oxygen atoms in total. The van der Waals surface area contributed by atoms with Crippen LogP contribution in [0.5, 0.6) is 0 Å². The molecule has 0 aliphatic heterocycles. The summed E-state index contributed by atoms with van der Waals surface area (Å²) < 4.78 is 0. The fraction of sp³-hybridized carbons (Fsp3) is 0.867. The Morgan fingerprint density at radius 2 is 1.63 bits per heavy atom. The van der Waals surface area contributed by atoms with Gasteiger partial charge in [0.25, 0.3) is 0 Å².